The SMILES string of the molecule is CCNC(Cc1c(C)nn(C)c1C)c1cccc(OC)c1. The van der Waals surface area contributed by atoms with Gasteiger partial charge < -0.3 is 10.1 Å². The normalized spacial score (nSPS) is 12.4. The lowest BCUT2D eigenvalue weighted by Crippen LogP contribution is -2.23. The summed E-state index contributed by atoms with van der Waals surface area (Å²) in [6, 6.07) is 8.55. The molecule has 0 saturated heterocycles. The summed E-state index contributed by atoms with van der Waals surface area (Å²) in [6.45, 7) is 7.27. The molecular formula is C17H25N3O. The molecule has 1 atom stereocenters. The van der Waals surface area contributed by atoms with E-state index >= 15 is 0 Å². The van der Waals surface area contributed by atoms with Gasteiger partial charge in [0.15, 0.2) is 0 Å². The summed E-state index contributed by atoms with van der Waals surface area (Å²) in [4.78, 5) is 0. The van der Waals surface area contributed by atoms with Crippen molar-refractivity contribution in [3.63, 3.8) is 0 Å². The molecule has 1 unspecified atom stereocenters. The third kappa shape index (κ3) is 3.45. The molecule has 1 heterocycles. The van der Waals surface area contributed by atoms with Crippen LogP contribution in [0.1, 0.15) is 35.5 Å². The van der Waals surface area contributed by atoms with E-state index in [1.165, 1.54) is 16.8 Å². The van der Waals surface area contributed by atoms with Gasteiger partial charge in [-0.15, -0.1) is 0 Å². The van der Waals surface area contributed by atoms with Gasteiger partial charge in [0.2, 0.25) is 0 Å². The van der Waals surface area contributed by atoms with Gasteiger partial charge in [0, 0.05) is 18.8 Å². The summed E-state index contributed by atoms with van der Waals surface area (Å²) in [5, 5.41) is 8.09. The lowest BCUT2D eigenvalue weighted by molar-refractivity contribution is 0.413. The number of aryl methyl sites for hydroxylation is 2. The minimum atomic E-state index is 0.270. The van der Waals surface area contributed by atoms with E-state index in [1.54, 1.807) is 7.11 Å². The maximum atomic E-state index is 5.34. The number of nitrogens with zero attached hydrogens (tertiary/aromatic N) is 2. The van der Waals surface area contributed by atoms with Crippen LogP contribution in [0.3, 0.4) is 0 Å². The van der Waals surface area contributed by atoms with Gasteiger partial charge in [-0.1, -0.05) is 19.1 Å². The third-order valence-electron chi connectivity index (χ3n) is 4.01. The number of ether oxygens (including phenoxy) is 1. The predicted octanol–water partition coefficient (Wildman–Crippen LogP) is 2.94. The van der Waals surface area contributed by atoms with Gasteiger partial charge >= 0.3 is 0 Å². The molecule has 0 aliphatic rings. The lowest BCUT2D eigenvalue weighted by atomic mass is 9.97. The Bertz CT molecular complexity index is 604. The van der Waals surface area contributed by atoms with Crippen molar-refractivity contribution in [1.82, 2.24) is 15.1 Å². The minimum absolute atomic E-state index is 0.270. The number of rotatable bonds is 6. The fraction of sp³-hybridized carbons (Fsp3) is 0.471. The molecule has 0 bridgehead atoms. The molecule has 4 heteroatoms. The van der Waals surface area contributed by atoms with Crippen LogP contribution in [-0.4, -0.2) is 23.4 Å². The standard InChI is InChI=1S/C17H25N3O/c1-6-18-17(14-8-7-9-15(10-14)21-5)11-16-12(2)19-20(4)13(16)3/h7-10,17-18H,6,11H2,1-5H3. The molecule has 0 spiro atoms. The molecule has 4 nitrogen and oxygen atoms in total. The number of hydrogen-bond acceptors (Lipinski definition) is 3. The maximum absolute atomic E-state index is 5.34. The highest BCUT2D eigenvalue weighted by Crippen LogP contribution is 2.25. The second-order valence-electron chi connectivity index (χ2n) is 5.36. The fourth-order valence-electron chi connectivity index (χ4n) is 2.73. The van der Waals surface area contributed by atoms with E-state index in [2.05, 4.69) is 43.3 Å². The number of aromatic nitrogens is 2. The quantitative estimate of drug-likeness (QED) is 0.888. The Balaban J connectivity index is 2.30. The van der Waals surface area contributed by atoms with E-state index in [-0.39, 0.29) is 6.04 Å². The largest absolute Gasteiger partial charge is 0.497 e. The Morgan fingerprint density at radius 1 is 1.33 bits per heavy atom. The first kappa shape index (κ1) is 15.6. The molecule has 1 aromatic heterocycles. The van der Waals surface area contributed by atoms with Crippen molar-refractivity contribution in [2.45, 2.75) is 33.2 Å². The minimum Gasteiger partial charge on any atom is -0.497 e. The van der Waals surface area contributed by atoms with E-state index < -0.39 is 0 Å². The average molecular weight is 287 g/mol. The van der Waals surface area contributed by atoms with Crippen LogP contribution in [0.2, 0.25) is 0 Å². The molecule has 0 saturated carbocycles. The van der Waals surface area contributed by atoms with Crippen LogP contribution < -0.4 is 10.1 Å². The first-order valence-corrected chi connectivity index (χ1v) is 7.43. The van der Waals surface area contributed by atoms with Crippen molar-refractivity contribution in [2.24, 2.45) is 7.05 Å². The van der Waals surface area contributed by atoms with Crippen LogP contribution in [0.5, 0.6) is 5.75 Å². The molecular weight excluding hydrogens is 262 g/mol. The van der Waals surface area contributed by atoms with Crippen LogP contribution in [0.25, 0.3) is 0 Å². The topological polar surface area (TPSA) is 39.1 Å². The van der Waals surface area contributed by atoms with E-state index in [1.807, 2.05) is 23.9 Å². The second-order valence-corrected chi connectivity index (χ2v) is 5.36. The van der Waals surface area contributed by atoms with Gasteiger partial charge in [-0.2, -0.15) is 5.10 Å². The Labute approximate surface area is 127 Å². The first-order valence-electron chi connectivity index (χ1n) is 7.43. The van der Waals surface area contributed by atoms with Gasteiger partial charge in [0.25, 0.3) is 0 Å². The highest BCUT2D eigenvalue weighted by Gasteiger charge is 2.17. The van der Waals surface area contributed by atoms with E-state index in [9.17, 15) is 0 Å². The van der Waals surface area contributed by atoms with Crippen LogP contribution in [-0.2, 0) is 13.5 Å². The highest BCUT2D eigenvalue weighted by atomic mass is 16.5. The maximum Gasteiger partial charge on any atom is 0.119 e. The zero-order valence-electron chi connectivity index (χ0n) is 13.6. The van der Waals surface area contributed by atoms with Gasteiger partial charge in [0.1, 0.15) is 5.75 Å². The van der Waals surface area contributed by atoms with Gasteiger partial charge in [0.05, 0.1) is 12.8 Å². The molecule has 1 N–H and O–H groups in total. The van der Waals surface area contributed by atoms with Crippen molar-refractivity contribution in [3.8, 4) is 5.75 Å². The monoisotopic (exact) mass is 287 g/mol. The van der Waals surface area contributed by atoms with E-state index in [0.29, 0.717) is 0 Å². The van der Waals surface area contributed by atoms with Gasteiger partial charge in [-0.05, 0) is 50.1 Å². The van der Waals surface area contributed by atoms with Crippen molar-refractivity contribution in [2.75, 3.05) is 13.7 Å². The van der Waals surface area contributed by atoms with Crippen LogP contribution in [0.4, 0.5) is 0 Å². The molecule has 0 aliphatic heterocycles. The number of nitrogens with one attached hydrogen (secondary N) is 1. The number of methoxy groups -OCH3 is 1. The zero-order valence-corrected chi connectivity index (χ0v) is 13.6. The summed E-state index contributed by atoms with van der Waals surface area (Å²) in [7, 11) is 3.70. The Morgan fingerprint density at radius 2 is 2.10 bits per heavy atom. The molecule has 114 valence electrons. The molecule has 2 aromatic rings. The highest BCUT2D eigenvalue weighted by molar-refractivity contribution is 5.33. The zero-order chi connectivity index (χ0) is 15.4. The first-order chi connectivity index (χ1) is 10.1. The molecule has 1 aromatic carbocycles. The van der Waals surface area contributed by atoms with Crippen molar-refractivity contribution < 1.29 is 4.74 Å². The smallest absolute Gasteiger partial charge is 0.119 e. The summed E-state index contributed by atoms with van der Waals surface area (Å²) >= 11 is 0. The van der Waals surface area contributed by atoms with Crippen LogP contribution >= 0.6 is 0 Å². The second kappa shape index (κ2) is 6.76. The van der Waals surface area contributed by atoms with Crippen molar-refractivity contribution in [3.05, 3.63) is 46.8 Å². The Hall–Kier alpha value is -1.81. The predicted molar refractivity (Wildman–Crippen MR) is 85.8 cm³/mol. The van der Waals surface area contributed by atoms with Crippen LogP contribution in [0.15, 0.2) is 24.3 Å². The van der Waals surface area contributed by atoms with Crippen molar-refractivity contribution >= 4 is 0 Å². The molecule has 0 aliphatic carbocycles. The van der Waals surface area contributed by atoms with Gasteiger partial charge in [-0.3, -0.25) is 4.68 Å². The number of likely N-dealkylation sites (N-methyl/N-ethyl adjacent to an activating group) is 1. The molecule has 21 heavy (non-hydrogen) atoms. The third-order valence-corrected chi connectivity index (χ3v) is 4.01. The fourth-order valence-corrected chi connectivity index (χ4v) is 2.73. The summed E-state index contributed by atoms with van der Waals surface area (Å²) in [6.07, 6.45) is 0.937. The summed E-state index contributed by atoms with van der Waals surface area (Å²) in [5.74, 6) is 0.898. The Morgan fingerprint density at radius 3 is 2.67 bits per heavy atom. The van der Waals surface area contributed by atoms with E-state index in [4.69, 9.17) is 4.74 Å². The summed E-state index contributed by atoms with van der Waals surface area (Å²) < 4.78 is 7.30. The number of benzene rings is 1. The van der Waals surface area contributed by atoms with E-state index in [0.717, 1.165) is 24.4 Å². The average Bonchev–Trinajstić information content (AvgIpc) is 2.73. The molecule has 2 rings (SSSR count). The lowest BCUT2D eigenvalue weighted by Gasteiger charge is -2.19. The molecule has 0 fully saturated rings. The number of hydrogen-bond donors (Lipinski definition) is 1. The van der Waals surface area contributed by atoms with Crippen molar-refractivity contribution in [1.29, 1.82) is 0 Å². The molecule has 0 amide bonds. The molecule has 0 radical (unpaired) electrons. The Kier molecular flexibility index (Phi) is 5.02. The van der Waals surface area contributed by atoms with Gasteiger partial charge in [-0.25, -0.2) is 0 Å². The summed E-state index contributed by atoms with van der Waals surface area (Å²) in [5.41, 5.74) is 4.92. The van der Waals surface area contributed by atoms with Crippen LogP contribution in [0, 0.1) is 13.8 Å².